The van der Waals surface area contributed by atoms with Gasteiger partial charge in [0.05, 0.1) is 30.9 Å². The Morgan fingerprint density at radius 3 is 2.55 bits per heavy atom. The van der Waals surface area contributed by atoms with Crippen LogP contribution in [0.1, 0.15) is 16.1 Å². The summed E-state index contributed by atoms with van der Waals surface area (Å²) in [5.41, 5.74) is 2.48. The summed E-state index contributed by atoms with van der Waals surface area (Å²) in [5.74, 6) is -3.48. The van der Waals surface area contributed by atoms with E-state index in [4.69, 9.17) is 21.1 Å². The number of hydrazone groups is 1. The Morgan fingerprint density at radius 2 is 1.82 bits per heavy atom. The number of hydrogen-bond donors (Lipinski definition) is 3. The van der Waals surface area contributed by atoms with Crippen molar-refractivity contribution in [1.82, 2.24) is 20.4 Å². The number of benzene rings is 2. The van der Waals surface area contributed by atoms with E-state index in [1.165, 1.54) is 37.7 Å². The summed E-state index contributed by atoms with van der Waals surface area (Å²) in [6.07, 6.45) is 2.45. The number of halogens is 1. The smallest absolute Gasteiger partial charge is 0.315 e. The highest BCUT2D eigenvalue weighted by atomic mass is 35.5. The number of carbonyl (C=O) groups is 3. The van der Waals surface area contributed by atoms with Crippen LogP contribution < -0.4 is 21.0 Å². The van der Waals surface area contributed by atoms with Gasteiger partial charge in [-0.2, -0.15) is 5.10 Å². The van der Waals surface area contributed by atoms with Gasteiger partial charge in [-0.05, 0) is 42.5 Å². The van der Waals surface area contributed by atoms with Crippen molar-refractivity contribution in [2.75, 3.05) is 19.5 Å². The molecule has 204 valence electrons. The first-order valence-corrected chi connectivity index (χ1v) is 12.2. The highest BCUT2D eigenvalue weighted by Gasteiger charge is 2.33. The summed E-state index contributed by atoms with van der Waals surface area (Å²) in [5, 5.41) is 7.04. The number of para-hydroxylation sites is 2. The Bertz CT molecular complexity index is 1660. The van der Waals surface area contributed by atoms with E-state index in [0.29, 0.717) is 21.8 Å². The fourth-order valence-electron chi connectivity index (χ4n) is 3.76. The van der Waals surface area contributed by atoms with E-state index in [-0.39, 0.29) is 23.4 Å². The number of anilines is 1. The predicted octanol–water partition coefficient (Wildman–Crippen LogP) is 2.74. The van der Waals surface area contributed by atoms with E-state index in [0.717, 1.165) is 7.11 Å². The van der Waals surface area contributed by atoms with Crippen LogP contribution in [0, 0.1) is 5.92 Å². The Balaban J connectivity index is 1.75. The van der Waals surface area contributed by atoms with Gasteiger partial charge in [-0.25, -0.2) is 10.4 Å². The van der Waals surface area contributed by atoms with Crippen molar-refractivity contribution >= 4 is 51.8 Å². The van der Waals surface area contributed by atoms with E-state index in [1.54, 1.807) is 36.4 Å². The molecule has 0 saturated carbocycles. The fourth-order valence-corrected chi connectivity index (χ4v) is 3.93. The van der Waals surface area contributed by atoms with Gasteiger partial charge in [-0.1, -0.05) is 23.7 Å². The van der Waals surface area contributed by atoms with Crippen LogP contribution in [0.4, 0.5) is 5.69 Å². The molecule has 13 heteroatoms. The van der Waals surface area contributed by atoms with Crippen LogP contribution >= 0.6 is 11.6 Å². The number of ether oxygens (including phenoxy) is 2. The lowest BCUT2D eigenvalue weighted by molar-refractivity contribution is -0.143. The summed E-state index contributed by atoms with van der Waals surface area (Å²) in [6.45, 7) is 0. The number of amides is 2. The van der Waals surface area contributed by atoms with Crippen LogP contribution in [0.5, 0.6) is 5.75 Å². The molecule has 0 spiro atoms. The van der Waals surface area contributed by atoms with Crippen molar-refractivity contribution in [3.8, 4) is 5.75 Å². The second-order valence-electron chi connectivity index (χ2n) is 8.28. The van der Waals surface area contributed by atoms with Gasteiger partial charge in [0.15, 0.2) is 0 Å². The Labute approximate surface area is 232 Å². The minimum absolute atomic E-state index is 0.0662. The largest absolute Gasteiger partial charge is 0.495 e. The minimum Gasteiger partial charge on any atom is -0.495 e. The Hall–Kier alpha value is -5.10. The zero-order valence-corrected chi connectivity index (χ0v) is 22.1. The van der Waals surface area contributed by atoms with Crippen LogP contribution in [-0.4, -0.2) is 52.7 Å². The number of aromatic amines is 1. The molecule has 3 N–H and O–H groups in total. The SMILES string of the molecule is COC(=O)[C@@H](Cc1nc2ccc(Cl)cc2[nH]c1=O)/C(=N/NC(=O)c1ccncc1)C(=O)Nc1ccccc1OC. The lowest BCUT2D eigenvalue weighted by Crippen LogP contribution is -2.39. The second kappa shape index (κ2) is 12.6. The van der Waals surface area contributed by atoms with Crippen molar-refractivity contribution in [3.63, 3.8) is 0 Å². The number of methoxy groups -OCH3 is 2. The number of H-pyrrole nitrogens is 1. The third-order valence-corrected chi connectivity index (χ3v) is 5.98. The van der Waals surface area contributed by atoms with Crippen molar-refractivity contribution in [3.05, 3.63) is 93.6 Å². The lowest BCUT2D eigenvalue weighted by Gasteiger charge is -2.18. The number of esters is 1. The molecule has 4 rings (SSSR count). The molecule has 0 aliphatic rings. The van der Waals surface area contributed by atoms with Crippen LogP contribution in [0.25, 0.3) is 11.0 Å². The molecule has 2 aromatic carbocycles. The monoisotopic (exact) mass is 562 g/mol. The summed E-state index contributed by atoms with van der Waals surface area (Å²) in [4.78, 5) is 62.9. The van der Waals surface area contributed by atoms with Gasteiger partial charge in [0.1, 0.15) is 23.1 Å². The first-order valence-electron chi connectivity index (χ1n) is 11.8. The maximum absolute atomic E-state index is 13.5. The summed E-state index contributed by atoms with van der Waals surface area (Å²) in [7, 11) is 2.55. The van der Waals surface area contributed by atoms with Gasteiger partial charge in [0, 0.05) is 29.4 Å². The third kappa shape index (κ3) is 6.48. The number of nitrogens with one attached hydrogen (secondary N) is 3. The standard InChI is InChI=1S/C27H23ClN6O6/c1-39-22-6-4-3-5-19(22)31-26(37)23(33-34-24(35)15-9-11-29-12-10-15)17(27(38)40-2)14-21-25(36)32-20-13-16(28)7-8-18(20)30-21/h3-13,17H,14H2,1-2H3,(H,31,37)(H,32,36)(H,34,35)/b33-23-/t17-/m0/s1. The normalized spacial score (nSPS) is 11.9. The van der Waals surface area contributed by atoms with Gasteiger partial charge in [-0.3, -0.25) is 24.2 Å². The molecule has 4 aromatic rings. The van der Waals surface area contributed by atoms with Crippen LogP contribution in [0.2, 0.25) is 5.02 Å². The van der Waals surface area contributed by atoms with Crippen LogP contribution in [-0.2, 0) is 20.7 Å². The highest BCUT2D eigenvalue weighted by molar-refractivity contribution is 6.46. The topological polar surface area (TPSA) is 165 Å². The highest BCUT2D eigenvalue weighted by Crippen LogP contribution is 2.24. The van der Waals surface area contributed by atoms with Crippen molar-refractivity contribution in [1.29, 1.82) is 0 Å². The molecule has 0 radical (unpaired) electrons. The van der Waals surface area contributed by atoms with Gasteiger partial charge >= 0.3 is 5.97 Å². The molecule has 2 heterocycles. The van der Waals surface area contributed by atoms with Crippen molar-refractivity contribution in [2.24, 2.45) is 11.0 Å². The number of pyridine rings is 1. The number of hydrogen-bond acceptors (Lipinski definition) is 9. The molecular weight excluding hydrogens is 540 g/mol. The molecule has 0 fully saturated rings. The Morgan fingerprint density at radius 1 is 1.07 bits per heavy atom. The zero-order valence-electron chi connectivity index (χ0n) is 21.3. The summed E-state index contributed by atoms with van der Waals surface area (Å²) >= 11 is 6.01. The van der Waals surface area contributed by atoms with Crippen LogP contribution in [0.15, 0.2) is 76.9 Å². The van der Waals surface area contributed by atoms with E-state index >= 15 is 0 Å². The van der Waals surface area contributed by atoms with Crippen molar-refractivity contribution < 1.29 is 23.9 Å². The maximum Gasteiger partial charge on any atom is 0.315 e. The van der Waals surface area contributed by atoms with Crippen molar-refractivity contribution in [2.45, 2.75) is 6.42 Å². The third-order valence-electron chi connectivity index (χ3n) is 5.75. The minimum atomic E-state index is -1.43. The molecule has 2 amide bonds. The molecule has 1 atom stereocenters. The molecule has 12 nitrogen and oxygen atoms in total. The number of fused-ring (bicyclic) bond motifs is 1. The molecule has 0 aliphatic heterocycles. The van der Waals surface area contributed by atoms with E-state index in [9.17, 15) is 19.2 Å². The summed E-state index contributed by atoms with van der Waals surface area (Å²) in [6, 6.07) is 14.2. The molecule has 40 heavy (non-hydrogen) atoms. The van der Waals surface area contributed by atoms with Gasteiger partial charge < -0.3 is 19.8 Å². The predicted molar refractivity (Wildman–Crippen MR) is 147 cm³/mol. The maximum atomic E-state index is 13.5. The van der Waals surface area contributed by atoms with Gasteiger partial charge in [0.25, 0.3) is 17.4 Å². The number of aromatic nitrogens is 3. The lowest BCUT2D eigenvalue weighted by atomic mass is 9.96. The average molecular weight is 563 g/mol. The average Bonchev–Trinajstić information content (AvgIpc) is 2.97. The zero-order chi connectivity index (χ0) is 28.6. The quantitative estimate of drug-likeness (QED) is 0.159. The van der Waals surface area contributed by atoms with E-state index < -0.39 is 35.0 Å². The molecule has 0 saturated heterocycles. The number of rotatable bonds is 9. The molecule has 0 aliphatic carbocycles. The molecular formula is C27H23ClN6O6. The fraction of sp³-hybridized carbons (Fsp3) is 0.148. The van der Waals surface area contributed by atoms with E-state index in [1.807, 2.05) is 0 Å². The first kappa shape index (κ1) is 27.9. The molecule has 2 aromatic heterocycles. The number of nitrogens with zero attached hydrogens (tertiary/aromatic N) is 3. The number of carbonyl (C=O) groups excluding carboxylic acids is 3. The molecule has 0 unspecified atom stereocenters. The molecule has 0 bridgehead atoms. The first-order chi connectivity index (χ1) is 19.3. The Kier molecular flexibility index (Phi) is 8.82. The summed E-state index contributed by atoms with van der Waals surface area (Å²) < 4.78 is 10.2. The van der Waals surface area contributed by atoms with Gasteiger partial charge in [-0.15, -0.1) is 0 Å². The second-order valence-corrected chi connectivity index (χ2v) is 8.72. The van der Waals surface area contributed by atoms with Gasteiger partial charge in [0.2, 0.25) is 0 Å². The van der Waals surface area contributed by atoms with E-state index in [2.05, 4.69) is 30.8 Å². The van der Waals surface area contributed by atoms with Crippen LogP contribution in [0.3, 0.4) is 0 Å².